The maximum absolute atomic E-state index is 14.6. The second-order valence-corrected chi connectivity index (χ2v) is 8.61. The Kier molecular flexibility index (Phi) is 6.09. The number of benzene rings is 2. The summed E-state index contributed by atoms with van der Waals surface area (Å²) in [6, 6.07) is 3.09. The maximum atomic E-state index is 14.6. The van der Waals surface area contributed by atoms with Gasteiger partial charge >= 0.3 is 12.2 Å². The van der Waals surface area contributed by atoms with Gasteiger partial charge < -0.3 is 20.7 Å². The molecule has 34 heavy (non-hydrogen) atoms. The number of urea groups is 1. The van der Waals surface area contributed by atoms with Gasteiger partial charge in [-0.1, -0.05) is 17.7 Å². The van der Waals surface area contributed by atoms with E-state index in [1.165, 1.54) is 13.2 Å². The van der Waals surface area contributed by atoms with Crippen LogP contribution in [0.2, 0.25) is 5.02 Å². The highest BCUT2D eigenvalue weighted by Gasteiger charge is 2.48. The molecule has 2 fully saturated rings. The number of nitrogens with one attached hydrogen (secondary N) is 3. The number of hydrogen-bond acceptors (Lipinski definition) is 3. The van der Waals surface area contributed by atoms with Crippen LogP contribution in [0.1, 0.15) is 35.4 Å². The Hall–Kier alpha value is -3.08. The SMILES string of the molecule is COc1cc(F)c([C@@H]2CNC(=O)[C@H]2NC(=O)NC2(c3ccc(C(F)(F)F)c(Cl)c3)CC2)c(F)c1. The van der Waals surface area contributed by atoms with Crippen molar-refractivity contribution < 1.29 is 36.3 Å². The molecule has 0 bridgehead atoms. The number of hydrogen-bond donors (Lipinski definition) is 3. The molecular weight excluding hydrogens is 485 g/mol. The summed E-state index contributed by atoms with van der Waals surface area (Å²) in [6.45, 7) is -0.108. The minimum absolute atomic E-state index is 0.0378. The van der Waals surface area contributed by atoms with E-state index in [0.717, 1.165) is 24.3 Å². The van der Waals surface area contributed by atoms with E-state index < -0.39 is 57.8 Å². The second kappa shape index (κ2) is 8.61. The van der Waals surface area contributed by atoms with Crippen molar-refractivity contribution in [3.63, 3.8) is 0 Å². The lowest BCUT2D eigenvalue weighted by Crippen LogP contribution is -2.50. The van der Waals surface area contributed by atoms with E-state index >= 15 is 0 Å². The molecule has 1 heterocycles. The Morgan fingerprint density at radius 1 is 1.18 bits per heavy atom. The third-order valence-electron chi connectivity index (χ3n) is 6.06. The van der Waals surface area contributed by atoms with Crippen molar-refractivity contribution in [2.75, 3.05) is 13.7 Å². The van der Waals surface area contributed by atoms with Gasteiger partial charge in [0.25, 0.3) is 0 Å². The molecule has 0 aromatic heterocycles. The summed E-state index contributed by atoms with van der Waals surface area (Å²) in [6.07, 6.45) is -3.75. The van der Waals surface area contributed by atoms with Crippen LogP contribution in [0, 0.1) is 11.6 Å². The van der Waals surface area contributed by atoms with E-state index in [1.807, 2.05) is 0 Å². The van der Waals surface area contributed by atoms with Crippen LogP contribution >= 0.6 is 11.6 Å². The molecule has 0 unspecified atom stereocenters. The van der Waals surface area contributed by atoms with Crippen molar-refractivity contribution in [3.05, 3.63) is 63.7 Å². The average Bonchev–Trinajstić information content (AvgIpc) is 3.45. The number of rotatable bonds is 5. The number of ether oxygens (including phenoxy) is 1. The summed E-state index contributed by atoms with van der Waals surface area (Å²) in [7, 11) is 1.25. The number of alkyl halides is 3. The smallest absolute Gasteiger partial charge is 0.417 e. The van der Waals surface area contributed by atoms with Gasteiger partial charge in [-0.2, -0.15) is 13.2 Å². The largest absolute Gasteiger partial charge is 0.497 e. The van der Waals surface area contributed by atoms with Crippen LogP contribution in [0.4, 0.5) is 26.7 Å². The zero-order valence-electron chi connectivity index (χ0n) is 17.7. The van der Waals surface area contributed by atoms with Crippen molar-refractivity contribution in [2.24, 2.45) is 0 Å². The van der Waals surface area contributed by atoms with Gasteiger partial charge in [0.05, 0.1) is 23.2 Å². The summed E-state index contributed by atoms with van der Waals surface area (Å²) in [5.74, 6) is -3.55. The quantitative estimate of drug-likeness (QED) is 0.535. The number of halogens is 6. The maximum Gasteiger partial charge on any atom is 0.417 e. The fourth-order valence-electron chi connectivity index (χ4n) is 4.14. The predicted octanol–water partition coefficient (Wildman–Crippen LogP) is 4.22. The van der Waals surface area contributed by atoms with Crippen molar-refractivity contribution in [1.29, 1.82) is 0 Å². The Morgan fingerprint density at radius 2 is 1.82 bits per heavy atom. The average molecular weight is 504 g/mol. The summed E-state index contributed by atoms with van der Waals surface area (Å²) >= 11 is 5.80. The highest BCUT2D eigenvalue weighted by molar-refractivity contribution is 6.31. The molecule has 1 saturated heterocycles. The molecule has 1 aliphatic carbocycles. The lowest BCUT2D eigenvalue weighted by Gasteiger charge is -2.24. The van der Waals surface area contributed by atoms with Crippen LogP contribution in [0.5, 0.6) is 5.75 Å². The summed E-state index contributed by atoms with van der Waals surface area (Å²) in [5, 5.41) is 7.07. The van der Waals surface area contributed by atoms with Crippen LogP contribution in [-0.2, 0) is 16.5 Å². The van der Waals surface area contributed by atoms with Gasteiger partial charge in [0, 0.05) is 30.2 Å². The molecular formula is C22H19ClF5N3O3. The monoisotopic (exact) mass is 503 g/mol. The molecule has 1 saturated carbocycles. The number of amides is 3. The van der Waals surface area contributed by atoms with Gasteiger partial charge in [0.2, 0.25) is 5.91 Å². The lowest BCUT2D eigenvalue weighted by molar-refractivity contribution is -0.137. The van der Waals surface area contributed by atoms with Gasteiger partial charge in [-0.3, -0.25) is 4.79 Å². The van der Waals surface area contributed by atoms with Crippen molar-refractivity contribution in [1.82, 2.24) is 16.0 Å². The Morgan fingerprint density at radius 3 is 2.35 bits per heavy atom. The predicted molar refractivity (Wildman–Crippen MR) is 111 cm³/mol. The molecule has 2 aromatic rings. The Labute approximate surface area is 195 Å². The van der Waals surface area contributed by atoms with Crippen LogP contribution < -0.4 is 20.7 Å². The topological polar surface area (TPSA) is 79.5 Å². The minimum Gasteiger partial charge on any atom is -0.497 e. The van der Waals surface area contributed by atoms with Gasteiger partial charge in [0.15, 0.2) is 0 Å². The number of carbonyl (C=O) groups is 2. The van der Waals surface area contributed by atoms with Crippen molar-refractivity contribution >= 4 is 23.5 Å². The first-order chi connectivity index (χ1) is 15.9. The first kappa shape index (κ1) is 24.1. The van der Waals surface area contributed by atoms with Gasteiger partial charge in [-0.25, -0.2) is 13.6 Å². The molecule has 2 atom stereocenters. The molecule has 3 amide bonds. The summed E-state index contributed by atoms with van der Waals surface area (Å²) in [5.41, 5.74) is -1.95. The first-order valence-corrected chi connectivity index (χ1v) is 10.6. The van der Waals surface area contributed by atoms with Gasteiger partial charge in [-0.05, 0) is 30.5 Å². The summed E-state index contributed by atoms with van der Waals surface area (Å²) < 4.78 is 72.9. The molecule has 0 spiro atoms. The van der Waals surface area contributed by atoms with E-state index in [4.69, 9.17) is 16.3 Å². The van der Waals surface area contributed by atoms with Crippen molar-refractivity contribution in [2.45, 2.75) is 36.5 Å². The fourth-order valence-corrected chi connectivity index (χ4v) is 4.42. The fraction of sp³-hybridized carbons (Fsp3) is 0.364. The van der Waals surface area contributed by atoms with Gasteiger partial charge in [0.1, 0.15) is 23.4 Å². The number of methoxy groups -OCH3 is 1. The highest BCUT2D eigenvalue weighted by atomic mass is 35.5. The summed E-state index contributed by atoms with van der Waals surface area (Å²) in [4.78, 5) is 25.0. The molecule has 182 valence electrons. The van der Waals surface area contributed by atoms with Crippen LogP contribution in [-0.4, -0.2) is 31.6 Å². The molecule has 3 N–H and O–H groups in total. The Balaban J connectivity index is 1.51. The zero-order chi connectivity index (χ0) is 24.8. The van der Waals surface area contributed by atoms with Crippen LogP contribution in [0.25, 0.3) is 0 Å². The molecule has 0 radical (unpaired) electrons. The first-order valence-electron chi connectivity index (χ1n) is 10.2. The molecule has 4 rings (SSSR count). The van der Waals surface area contributed by atoms with E-state index in [2.05, 4.69) is 16.0 Å². The van der Waals surface area contributed by atoms with E-state index in [1.54, 1.807) is 0 Å². The molecule has 2 aromatic carbocycles. The van der Waals surface area contributed by atoms with Gasteiger partial charge in [-0.15, -0.1) is 0 Å². The normalized spacial score (nSPS) is 21.1. The highest BCUT2D eigenvalue weighted by Crippen LogP contribution is 2.47. The van der Waals surface area contributed by atoms with E-state index in [-0.39, 0.29) is 17.9 Å². The lowest BCUT2D eigenvalue weighted by atomic mass is 9.92. The standard InChI is InChI=1S/C22H19ClF5N3O3/c1-34-11-7-15(24)17(16(25)8-11)12-9-29-19(32)18(12)30-20(33)31-21(4-5-21)10-2-3-13(14(23)6-10)22(26,27)28/h2-3,6-8,12,18H,4-5,9H2,1H3,(H,29,32)(H2,30,31,33)/t12-,18-/m0/s1. The molecule has 1 aliphatic heterocycles. The molecule has 2 aliphatic rings. The number of carbonyl (C=O) groups excluding carboxylic acids is 2. The van der Waals surface area contributed by atoms with E-state index in [9.17, 15) is 31.5 Å². The second-order valence-electron chi connectivity index (χ2n) is 8.21. The van der Waals surface area contributed by atoms with E-state index in [0.29, 0.717) is 18.4 Å². The third kappa shape index (κ3) is 4.48. The minimum atomic E-state index is -4.62. The zero-order valence-corrected chi connectivity index (χ0v) is 18.4. The Bertz CT molecular complexity index is 1130. The van der Waals surface area contributed by atoms with Crippen LogP contribution in [0.15, 0.2) is 30.3 Å². The van der Waals surface area contributed by atoms with Crippen LogP contribution in [0.3, 0.4) is 0 Å². The van der Waals surface area contributed by atoms with Crippen molar-refractivity contribution in [3.8, 4) is 5.75 Å². The third-order valence-corrected chi connectivity index (χ3v) is 6.37. The molecule has 6 nitrogen and oxygen atoms in total. The molecule has 12 heteroatoms.